The van der Waals surface area contributed by atoms with E-state index in [9.17, 15) is 10.1 Å². The van der Waals surface area contributed by atoms with E-state index in [4.69, 9.17) is 9.47 Å². The second kappa shape index (κ2) is 11.5. The van der Waals surface area contributed by atoms with Crippen LogP contribution in [0.4, 0.5) is 17.3 Å². The van der Waals surface area contributed by atoms with E-state index in [1.54, 1.807) is 36.5 Å². The Balaban J connectivity index is 1.28. The lowest BCUT2D eigenvalue weighted by molar-refractivity contribution is 0.101. The molecule has 38 heavy (non-hydrogen) atoms. The average molecular weight is 506 g/mol. The van der Waals surface area contributed by atoms with Gasteiger partial charge in [-0.1, -0.05) is 18.2 Å². The predicted molar refractivity (Wildman–Crippen MR) is 146 cm³/mol. The summed E-state index contributed by atoms with van der Waals surface area (Å²) in [5.41, 5.74) is 5.39. The first-order chi connectivity index (χ1) is 18.6. The number of nitrogens with zero attached hydrogens (tertiary/aromatic N) is 4. The van der Waals surface area contributed by atoms with E-state index in [1.807, 2.05) is 30.3 Å². The molecule has 1 fully saturated rings. The largest absolute Gasteiger partial charge is 0.488 e. The van der Waals surface area contributed by atoms with E-state index in [-0.39, 0.29) is 12.4 Å². The molecule has 8 heteroatoms. The lowest BCUT2D eigenvalue weighted by atomic mass is 10.1. The van der Waals surface area contributed by atoms with Crippen LogP contribution in [0.5, 0.6) is 5.75 Å². The van der Waals surface area contributed by atoms with Crippen LogP contribution in [0.25, 0.3) is 11.3 Å². The number of nitrogens with one attached hydrogen (secondary N) is 1. The molecule has 4 aromatic rings. The monoisotopic (exact) mass is 505 g/mol. The molecule has 0 radical (unpaired) electrons. The molecule has 0 atom stereocenters. The first-order valence-electron chi connectivity index (χ1n) is 12.4. The highest BCUT2D eigenvalue weighted by molar-refractivity contribution is 5.94. The number of benzene rings is 3. The maximum absolute atomic E-state index is 11.6. The van der Waals surface area contributed by atoms with Crippen LogP contribution < -0.4 is 15.0 Å². The van der Waals surface area contributed by atoms with Crippen molar-refractivity contribution in [3.05, 3.63) is 95.7 Å². The zero-order chi connectivity index (χ0) is 26.3. The van der Waals surface area contributed by atoms with Gasteiger partial charge in [0.25, 0.3) is 0 Å². The molecule has 1 saturated heterocycles. The van der Waals surface area contributed by atoms with Crippen molar-refractivity contribution >= 4 is 23.1 Å². The van der Waals surface area contributed by atoms with Crippen LogP contribution in [0.3, 0.4) is 0 Å². The highest BCUT2D eigenvalue weighted by Gasteiger charge is 2.12. The molecule has 1 aliphatic rings. The Morgan fingerprint density at radius 2 is 1.89 bits per heavy atom. The Kier molecular flexibility index (Phi) is 7.57. The molecule has 1 aromatic heterocycles. The van der Waals surface area contributed by atoms with Crippen molar-refractivity contribution in [1.29, 1.82) is 5.26 Å². The van der Waals surface area contributed by atoms with Crippen molar-refractivity contribution in [1.82, 2.24) is 9.97 Å². The number of aromatic nitrogens is 2. The molecular weight excluding hydrogens is 478 g/mol. The van der Waals surface area contributed by atoms with Crippen LogP contribution >= 0.6 is 0 Å². The minimum atomic E-state index is -0.00219. The van der Waals surface area contributed by atoms with Crippen molar-refractivity contribution in [2.75, 3.05) is 36.5 Å². The quantitative estimate of drug-likeness (QED) is 0.319. The minimum Gasteiger partial charge on any atom is -0.488 e. The van der Waals surface area contributed by atoms with E-state index in [1.165, 1.54) is 6.92 Å². The second-order valence-corrected chi connectivity index (χ2v) is 8.90. The minimum absolute atomic E-state index is 0.00219. The summed E-state index contributed by atoms with van der Waals surface area (Å²) in [5, 5.41) is 13.0. The third kappa shape index (κ3) is 5.97. The Labute approximate surface area is 221 Å². The summed E-state index contributed by atoms with van der Waals surface area (Å²) in [6.45, 7) is 5.05. The van der Waals surface area contributed by atoms with Crippen LogP contribution in [-0.4, -0.2) is 42.1 Å². The molecule has 1 aliphatic heterocycles. The molecule has 3 aromatic carbocycles. The Hall–Kier alpha value is -4.74. The molecule has 8 nitrogen and oxygen atoms in total. The van der Waals surface area contributed by atoms with Gasteiger partial charge in [-0.05, 0) is 67.1 Å². The molecule has 0 amide bonds. The number of hydrogen-bond acceptors (Lipinski definition) is 8. The van der Waals surface area contributed by atoms with Gasteiger partial charge in [0.1, 0.15) is 18.4 Å². The number of morpholine rings is 1. The van der Waals surface area contributed by atoms with Crippen LogP contribution in [-0.2, 0) is 11.3 Å². The van der Waals surface area contributed by atoms with Gasteiger partial charge in [0, 0.05) is 41.8 Å². The number of rotatable bonds is 8. The van der Waals surface area contributed by atoms with Crippen molar-refractivity contribution in [2.45, 2.75) is 13.5 Å². The van der Waals surface area contributed by atoms with Gasteiger partial charge >= 0.3 is 0 Å². The third-order valence-electron chi connectivity index (χ3n) is 6.28. The maximum atomic E-state index is 11.6. The van der Waals surface area contributed by atoms with Crippen LogP contribution in [0, 0.1) is 11.3 Å². The first-order valence-corrected chi connectivity index (χ1v) is 12.4. The summed E-state index contributed by atoms with van der Waals surface area (Å²) < 4.78 is 11.3. The fourth-order valence-electron chi connectivity index (χ4n) is 4.23. The number of Topliss-reactive ketones (excluding diaryl/α,β-unsaturated/α-hetero) is 1. The Morgan fingerprint density at radius 3 is 2.66 bits per heavy atom. The molecule has 0 spiro atoms. The van der Waals surface area contributed by atoms with E-state index in [2.05, 4.69) is 38.4 Å². The topological polar surface area (TPSA) is 100 Å². The highest BCUT2D eigenvalue weighted by atomic mass is 16.5. The maximum Gasteiger partial charge on any atom is 0.227 e. The number of ketones is 1. The van der Waals surface area contributed by atoms with Crippen molar-refractivity contribution in [3.63, 3.8) is 0 Å². The normalized spacial score (nSPS) is 13.0. The molecule has 0 saturated carbocycles. The number of carbonyl (C=O) groups is 1. The molecule has 5 rings (SSSR count). The van der Waals surface area contributed by atoms with Gasteiger partial charge in [-0.15, -0.1) is 0 Å². The number of ether oxygens (including phenoxy) is 2. The summed E-state index contributed by atoms with van der Waals surface area (Å²) in [6, 6.07) is 24.8. The SMILES string of the molecule is CC(=O)c1cccc(COc2ccc(-c3ccnc(Nc4ccc(N5CCOCC5)cc4)n3)cc2C#N)c1. The molecular formula is C30H27N5O3. The molecule has 190 valence electrons. The lowest BCUT2D eigenvalue weighted by Gasteiger charge is -2.28. The number of anilines is 3. The lowest BCUT2D eigenvalue weighted by Crippen LogP contribution is -2.36. The first kappa shape index (κ1) is 24.9. The van der Waals surface area contributed by atoms with E-state index >= 15 is 0 Å². The fraction of sp³-hybridized carbons (Fsp3) is 0.200. The molecule has 0 unspecified atom stereocenters. The fourth-order valence-corrected chi connectivity index (χ4v) is 4.23. The summed E-state index contributed by atoms with van der Waals surface area (Å²) in [4.78, 5) is 22.9. The zero-order valence-corrected chi connectivity index (χ0v) is 21.1. The number of carbonyl (C=O) groups excluding carboxylic acids is 1. The summed E-state index contributed by atoms with van der Waals surface area (Å²) >= 11 is 0. The standard InChI is InChI=1S/C30H27N5O3/c1-21(36)23-4-2-3-22(17-23)20-38-29-10-5-24(18-25(29)19-31)28-11-12-32-30(34-28)33-26-6-8-27(9-7-26)35-13-15-37-16-14-35/h2-12,17-18H,13-16,20H2,1H3,(H,32,33,34). The van der Waals surface area contributed by atoms with Gasteiger partial charge in [0.2, 0.25) is 5.95 Å². The van der Waals surface area contributed by atoms with E-state index < -0.39 is 0 Å². The van der Waals surface area contributed by atoms with Gasteiger partial charge in [-0.3, -0.25) is 4.79 Å². The Morgan fingerprint density at radius 1 is 1.08 bits per heavy atom. The number of hydrogen-bond donors (Lipinski definition) is 1. The molecule has 2 heterocycles. The van der Waals surface area contributed by atoms with Crippen LogP contribution in [0.15, 0.2) is 79.0 Å². The van der Waals surface area contributed by atoms with Crippen molar-refractivity contribution in [3.8, 4) is 23.1 Å². The van der Waals surface area contributed by atoms with Gasteiger partial charge in [0.15, 0.2) is 5.78 Å². The van der Waals surface area contributed by atoms with Crippen LogP contribution in [0.2, 0.25) is 0 Å². The van der Waals surface area contributed by atoms with Gasteiger partial charge < -0.3 is 19.7 Å². The zero-order valence-electron chi connectivity index (χ0n) is 21.1. The van der Waals surface area contributed by atoms with E-state index in [0.29, 0.717) is 28.5 Å². The van der Waals surface area contributed by atoms with E-state index in [0.717, 1.165) is 48.8 Å². The number of nitriles is 1. The molecule has 0 bridgehead atoms. The average Bonchev–Trinajstić information content (AvgIpc) is 2.97. The third-order valence-corrected chi connectivity index (χ3v) is 6.28. The second-order valence-electron chi connectivity index (χ2n) is 8.90. The van der Waals surface area contributed by atoms with Crippen molar-refractivity contribution in [2.24, 2.45) is 0 Å². The summed E-state index contributed by atoms with van der Waals surface area (Å²) in [7, 11) is 0. The highest BCUT2D eigenvalue weighted by Crippen LogP contribution is 2.27. The van der Waals surface area contributed by atoms with Gasteiger partial charge in [-0.25, -0.2) is 9.97 Å². The van der Waals surface area contributed by atoms with Gasteiger partial charge in [0.05, 0.1) is 24.5 Å². The smallest absolute Gasteiger partial charge is 0.227 e. The molecule has 1 N–H and O–H groups in total. The van der Waals surface area contributed by atoms with Gasteiger partial charge in [-0.2, -0.15) is 5.26 Å². The van der Waals surface area contributed by atoms with Crippen molar-refractivity contribution < 1.29 is 14.3 Å². The molecule has 0 aliphatic carbocycles. The summed E-state index contributed by atoms with van der Waals surface area (Å²) in [6.07, 6.45) is 1.69. The summed E-state index contributed by atoms with van der Waals surface area (Å²) in [5.74, 6) is 0.931. The Bertz CT molecular complexity index is 1470. The predicted octanol–water partition coefficient (Wildman–Crippen LogP) is 5.38. The van der Waals surface area contributed by atoms with Crippen LogP contribution in [0.1, 0.15) is 28.4 Å².